The Labute approximate surface area is 118 Å². The van der Waals surface area contributed by atoms with E-state index in [9.17, 15) is 8.78 Å². The Hall–Kier alpha value is -1.65. The zero-order chi connectivity index (χ0) is 14.7. The van der Waals surface area contributed by atoms with Crippen molar-refractivity contribution >= 4 is 5.96 Å². The van der Waals surface area contributed by atoms with Crippen LogP contribution in [0.5, 0.6) is 0 Å². The quantitative estimate of drug-likeness (QED) is 0.657. The van der Waals surface area contributed by atoms with E-state index in [0.29, 0.717) is 11.9 Å². The molecule has 1 aromatic rings. The molecular formula is C15H21F2N3. The molecule has 2 N–H and O–H groups in total. The van der Waals surface area contributed by atoms with Gasteiger partial charge in [0, 0.05) is 31.1 Å². The molecule has 1 aliphatic carbocycles. The largest absolute Gasteiger partial charge is 0.356 e. The summed E-state index contributed by atoms with van der Waals surface area (Å²) in [6, 6.07) is 4.04. The standard InChI is InChI=1S/C15H21F2N3/c1-9(2)8-19-15(18-3)20-13-7-10(13)14-11(16)5-4-6-12(14)17/h4-6,9-10,13H,7-8H2,1-3H3,(H2,18,19,20). The van der Waals surface area contributed by atoms with E-state index in [4.69, 9.17) is 0 Å². The average Bonchev–Trinajstić information content (AvgIpc) is 3.13. The van der Waals surface area contributed by atoms with Gasteiger partial charge in [0.1, 0.15) is 11.6 Å². The summed E-state index contributed by atoms with van der Waals surface area (Å²) in [6.07, 6.45) is 0.722. The first-order valence-corrected chi connectivity index (χ1v) is 6.94. The number of aliphatic imine (C=N–C) groups is 1. The van der Waals surface area contributed by atoms with E-state index in [1.54, 1.807) is 7.05 Å². The molecule has 1 aliphatic rings. The first-order chi connectivity index (χ1) is 9.52. The van der Waals surface area contributed by atoms with Crippen molar-refractivity contribution < 1.29 is 8.78 Å². The van der Waals surface area contributed by atoms with Crippen LogP contribution in [0, 0.1) is 17.6 Å². The summed E-state index contributed by atoms with van der Waals surface area (Å²) in [5.41, 5.74) is 0.185. The minimum atomic E-state index is -0.468. The molecule has 0 aliphatic heterocycles. The summed E-state index contributed by atoms with van der Waals surface area (Å²) >= 11 is 0. The number of rotatable bonds is 4. The maximum absolute atomic E-state index is 13.7. The van der Waals surface area contributed by atoms with Gasteiger partial charge < -0.3 is 10.6 Å². The Morgan fingerprint density at radius 3 is 2.55 bits per heavy atom. The third-order valence-electron chi connectivity index (χ3n) is 3.38. The van der Waals surface area contributed by atoms with Crippen molar-refractivity contribution in [3.05, 3.63) is 35.4 Å². The fourth-order valence-electron chi connectivity index (χ4n) is 2.21. The second-order valence-corrected chi connectivity index (χ2v) is 5.58. The van der Waals surface area contributed by atoms with Crippen LogP contribution in [0.25, 0.3) is 0 Å². The van der Waals surface area contributed by atoms with Gasteiger partial charge in [-0.15, -0.1) is 0 Å². The molecule has 0 saturated heterocycles. The molecule has 1 fully saturated rings. The van der Waals surface area contributed by atoms with Crippen LogP contribution in [-0.2, 0) is 0 Å². The Bertz CT molecular complexity index is 480. The highest BCUT2D eigenvalue weighted by Crippen LogP contribution is 2.42. The number of hydrogen-bond acceptors (Lipinski definition) is 1. The molecule has 1 saturated carbocycles. The van der Waals surface area contributed by atoms with Gasteiger partial charge in [0.15, 0.2) is 5.96 Å². The molecule has 2 rings (SSSR count). The van der Waals surface area contributed by atoms with Crippen molar-refractivity contribution in [1.82, 2.24) is 10.6 Å². The lowest BCUT2D eigenvalue weighted by Crippen LogP contribution is -2.40. The number of guanidine groups is 1. The van der Waals surface area contributed by atoms with Crippen LogP contribution < -0.4 is 10.6 Å². The van der Waals surface area contributed by atoms with Gasteiger partial charge >= 0.3 is 0 Å². The molecule has 0 aromatic heterocycles. The molecular weight excluding hydrogens is 260 g/mol. The van der Waals surface area contributed by atoms with E-state index in [0.717, 1.165) is 13.0 Å². The van der Waals surface area contributed by atoms with Gasteiger partial charge in [0.05, 0.1) is 0 Å². The summed E-state index contributed by atoms with van der Waals surface area (Å²) in [5.74, 6) is 0.137. The Morgan fingerprint density at radius 2 is 2.00 bits per heavy atom. The second kappa shape index (κ2) is 6.20. The van der Waals surface area contributed by atoms with Gasteiger partial charge in [-0.3, -0.25) is 4.99 Å². The van der Waals surface area contributed by atoms with E-state index in [2.05, 4.69) is 29.5 Å². The molecule has 1 aromatic carbocycles. The average molecular weight is 281 g/mol. The lowest BCUT2D eigenvalue weighted by Gasteiger charge is -2.13. The van der Waals surface area contributed by atoms with Crippen LogP contribution >= 0.6 is 0 Å². The monoisotopic (exact) mass is 281 g/mol. The smallest absolute Gasteiger partial charge is 0.191 e. The van der Waals surface area contributed by atoms with Gasteiger partial charge in [-0.1, -0.05) is 19.9 Å². The number of nitrogens with one attached hydrogen (secondary N) is 2. The zero-order valence-electron chi connectivity index (χ0n) is 12.1. The highest BCUT2D eigenvalue weighted by molar-refractivity contribution is 5.80. The van der Waals surface area contributed by atoms with Gasteiger partial charge in [0.2, 0.25) is 0 Å². The van der Waals surface area contributed by atoms with Crippen LogP contribution in [0.15, 0.2) is 23.2 Å². The van der Waals surface area contributed by atoms with E-state index in [-0.39, 0.29) is 17.5 Å². The van der Waals surface area contributed by atoms with Crippen molar-refractivity contribution in [1.29, 1.82) is 0 Å². The summed E-state index contributed by atoms with van der Waals surface area (Å²) in [6.45, 7) is 5.02. The molecule has 5 heteroatoms. The van der Waals surface area contributed by atoms with E-state index in [1.807, 2.05) is 0 Å². The van der Waals surface area contributed by atoms with Gasteiger partial charge in [-0.05, 0) is 24.5 Å². The van der Waals surface area contributed by atoms with Crippen LogP contribution in [0.4, 0.5) is 8.78 Å². The van der Waals surface area contributed by atoms with E-state index in [1.165, 1.54) is 18.2 Å². The van der Waals surface area contributed by atoms with E-state index >= 15 is 0 Å². The fraction of sp³-hybridized carbons (Fsp3) is 0.533. The van der Waals surface area contributed by atoms with Crippen LogP contribution in [0.2, 0.25) is 0 Å². The normalized spacial score (nSPS) is 22.0. The van der Waals surface area contributed by atoms with Crippen molar-refractivity contribution in [2.45, 2.75) is 32.2 Å². The van der Waals surface area contributed by atoms with Gasteiger partial charge in [-0.25, -0.2) is 8.78 Å². The summed E-state index contributed by atoms with van der Waals surface area (Å²) in [7, 11) is 1.69. The van der Waals surface area contributed by atoms with Crippen molar-refractivity contribution in [2.75, 3.05) is 13.6 Å². The summed E-state index contributed by atoms with van der Waals surface area (Å²) < 4.78 is 27.3. The minimum absolute atomic E-state index is 0.0414. The highest BCUT2D eigenvalue weighted by atomic mass is 19.1. The number of hydrogen-bond donors (Lipinski definition) is 2. The fourth-order valence-corrected chi connectivity index (χ4v) is 2.21. The topological polar surface area (TPSA) is 36.4 Å². The van der Waals surface area contributed by atoms with E-state index < -0.39 is 11.6 Å². The van der Waals surface area contributed by atoms with Gasteiger partial charge in [0.25, 0.3) is 0 Å². The van der Waals surface area contributed by atoms with Crippen LogP contribution in [0.3, 0.4) is 0 Å². The molecule has 0 spiro atoms. The maximum atomic E-state index is 13.7. The molecule has 20 heavy (non-hydrogen) atoms. The Balaban J connectivity index is 1.95. The zero-order valence-corrected chi connectivity index (χ0v) is 12.1. The maximum Gasteiger partial charge on any atom is 0.191 e. The molecule has 0 radical (unpaired) electrons. The van der Waals surface area contributed by atoms with Gasteiger partial charge in [-0.2, -0.15) is 0 Å². The first-order valence-electron chi connectivity index (χ1n) is 6.94. The molecule has 3 nitrogen and oxygen atoms in total. The molecule has 0 heterocycles. The predicted octanol–water partition coefficient (Wildman–Crippen LogP) is 2.64. The number of halogens is 2. The second-order valence-electron chi connectivity index (χ2n) is 5.58. The Kier molecular flexibility index (Phi) is 4.57. The third kappa shape index (κ3) is 3.46. The molecule has 2 atom stereocenters. The lowest BCUT2D eigenvalue weighted by molar-refractivity contribution is 0.553. The lowest BCUT2D eigenvalue weighted by atomic mass is 10.1. The van der Waals surface area contributed by atoms with Crippen molar-refractivity contribution in [3.8, 4) is 0 Å². The summed E-state index contributed by atoms with van der Waals surface area (Å²) in [4.78, 5) is 4.12. The number of benzene rings is 1. The van der Waals surface area contributed by atoms with Crippen molar-refractivity contribution in [3.63, 3.8) is 0 Å². The Morgan fingerprint density at radius 1 is 1.35 bits per heavy atom. The highest BCUT2D eigenvalue weighted by Gasteiger charge is 2.42. The molecule has 0 bridgehead atoms. The minimum Gasteiger partial charge on any atom is -0.356 e. The predicted molar refractivity (Wildman–Crippen MR) is 76.8 cm³/mol. The number of nitrogens with zero attached hydrogens (tertiary/aromatic N) is 1. The first kappa shape index (κ1) is 14.8. The molecule has 2 unspecified atom stereocenters. The van der Waals surface area contributed by atoms with Crippen LogP contribution in [0.1, 0.15) is 31.7 Å². The third-order valence-corrected chi connectivity index (χ3v) is 3.38. The van der Waals surface area contributed by atoms with Crippen molar-refractivity contribution in [2.24, 2.45) is 10.9 Å². The molecule has 0 amide bonds. The van der Waals surface area contributed by atoms with Crippen LogP contribution in [-0.4, -0.2) is 25.6 Å². The molecule has 110 valence electrons. The SMILES string of the molecule is CN=C(NCC(C)C)NC1CC1c1c(F)cccc1F. The summed E-state index contributed by atoms with van der Waals surface area (Å²) in [5, 5.41) is 6.40.